The van der Waals surface area contributed by atoms with Crippen LogP contribution in [-0.4, -0.2) is 12.6 Å². The van der Waals surface area contributed by atoms with Crippen molar-refractivity contribution in [1.29, 1.82) is 0 Å². The second-order valence-corrected chi connectivity index (χ2v) is 4.87. The fraction of sp³-hybridized carbons (Fsp3) is 0.250. The number of carbonyl (C=O) groups excluding carboxylic acids is 1. The molecular formula is C20H24O2. The zero-order chi connectivity index (χ0) is 16.0. The summed E-state index contributed by atoms with van der Waals surface area (Å²) in [4.78, 5) is 10.3. The van der Waals surface area contributed by atoms with Gasteiger partial charge in [0.1, 0.15) is 0 Å². The van der Waals surface area contributed by atoms with Crippen molar-refractivity contribution in [2.75, 3.05) is 6.61 Å². The van der Waals surface area contributed by atoms with E-state index in [1.165, 1.54) is 17.2 Å². The molecule has 0 aromatic heterocycles. The number of ether oxygens (including phenoxy) is 1. The summed E-state index contributed by atoms with van der Waals surface area (Å²) in [5.41, 5.74) is 2.74. The van der Waals surface area contributed by atoms with E-state index in [2.05, 4.69) is 72.0 Å². The first-order valence-corrected chi connectivity index (χ1v) is 7.63. The maximum Gasteiger partial charge on any atom is 0.330 e. The number of rotatable bonds is 6. The van der Waals surface area contributed by atoms with Crippen LogP contribution in [0.4, 0.5) is 0 Å². The van der Waals surface area contributed by atoms with E-state index in [1.807, 2.05) is 6.92 Å². The van der Waals surface area contributed by atoms with Gasteiger partial charge in [0.2, 0.25) is 0 Å². The SMILES string of the molecule is C=CC(=O)OCCCC.c1ccc(Cc2ccccc2)cc1. The lowest BCUT2D eigenvalue weighted by molar-refractivity contribution is -0.137. The van der Waals surface area contributed by atoms with Gasteiger partial charge in [-0.2, -0.15) is 0 Å². The molecule has 2 aromatic rings. The molecular weight excluding hydrogens is 272 g/mol. The van der Waals surface area contributed by atoms with Gasteiger partial charge in [-0.1, -0.05) is 80.6 Å². The van der Waals surface area contributed by atoms with Gasteiger partial charge in [-0.25, -0.2) is 4.79 Å². The van der Waals surface area contributed by atoms with Crippen LogP contribution in [0.25, 0.3) is 0 Å². The van der Waals surface area contributed by atoms with Crippen LogP contribution in [0.1, 0.15) is 30.9 Å². The Morgan fingerprint density at radius 2 is 1.50 bits per heavy atom. The van der Waals surface area contributed by atoms with Crippen LogP contribution in [-0.2, 0) is 16.0 Å². The Morgan fingerprint density at radius 3 is 1.91 bits per heavy atom. The molecule has 0 N–H and O–H groups in total. The largest absolute Gasteiger partial charge is 0.463 e. The van der Waals surface area contributed by atoms with Gasteiger partial charge >= 0.3 is 5.97 Å². The first-order valence-electron chi connectivity index (χ1n) is 7.63. The minimum Gasteiger partial charge on any atom is -0.463 e. The summed E-state index contributed by atoms with van der Waals surface area (Å²) in [6, 6.07) is 21.1. The summed E-state index contributed by atoms with van der Waals surface area (Å²) < 4.78 is 4.67. The highest BCUT2D eigenvalue weighted by Gasteiger charge is 1.93. The maximum absolute atomic E-state index is 10.3. The first kappa shape index (κ1) is 17.7. The number of hydrogen-bond donors (Lipinski definition) is 0. The number of esters is 1. The molecule has 0 amide bonds. The van der Waals surface area contributed by atoms with Crippen molar-refractivity contribution in [3.63, 3.8) is 0 Å². The van der Waals surface area contributed by atoms with E-state index < -0.39 is 0 Å². The average molecular weight is 296 g/mol. The van der Waals surface area contributed by atoms with Crippen LogP contribution < -0.4 is 0 Å². The standard InChI is InChI=1S/C13H12.C7H12O2/c1-3-7-12(8-4-1)11-13-9-5-2-6-10-13;1-3-5-6-9-7(8)4-2/h1-10H,11H2;4H,2-3,5-6H2,1H3. The highest BCUT2D eigenvalue weighted by molar-refractivity contribution is 5.81. The first-order chi connectivity index (χ1) is 10.8. The van der Waals surface area contributed by atoms with Crippen LogP contribution in [0, 0.1) is 0 Å². The zero-order valence-electron chi connectivity index (χ0n) is 13.2. The molecule has 0 unspecified atom stereocenters. The van der Waals surface area contributed by atoms with Crippen LogP contribution in [0.3, 0.4) is 0 Å². The Morgan fingerprint density at radius 1 is 1.00 bits per heavy atom. The molecule has 0 saturated carbocycles. The topological polar surface area (TPSA) is 26.3 Å². The Hall–Kier alpha value is -2.35. The molecule has 0 aliphatic heterocycles. The van der Waals surface area contributed by atoms with E-state index in [1.54, 1.807) is 0 Å². The number of carbonyl (C=O) groups is 1. The minimum atomic E-state index is -0.330. The van der Waals surface area contributed by atoms with Crippen molar-refractivity contribution < 1.29 is 9.53 Å². The average Bonchev–Trinajstić information content (AvgIpc) is 2.57. The van der Waals surface area contributed by atoms with Crippen molar-refractivity contribution in [2.24, 2.45) is 0 Å². The minimum absolute atomic E-state index is 0.330. The summed E-state index contributed by atoms with van der Waals surface area (Å²) >= 11 is 0. The molecule has 0 radical (unpaired) electrons. The normalized spacial score (nSPS) is 9.32. The second-order valence-electron chi connectivity index (χ2n) is 4.87. The molecule has 0 saturated heterocycles. The molecule has 2 rings (SSSR count). The third-order valence-electron chi connectivity index (χ3n) is 3.00. The monoisotopic (exact) mass is 296 g/mol. The predicted molar refractivity (Wildman–Crippen MR) is 91.8 cm³/mol. The molecule has 0 fully saturated rings. The van der Waals surface area contributed by atoms with E-state index in [-0.39, 0.29) is 5.97 Å². The maximum atomic E-state index is 10.3. The predicted octanol–water partition coefficient (Wildman–Crippen LogP) is 4.79. The van der Waals surface area contributed by atoms with Crippen LogP contribution in [0.15, 0.2) is 73.3 Å². The van der Waals surface area contributed by atoms with Crippen molar-refractivity contribution in [2.45, 2.75) is 26.2 Å². The smallest absolute Gasteiger partial charge is 0.330 e. The molecule has 0 atom stereocenters. The molecule has 0 heterocycles. The molecule has 116 valence electrons. The third kappa shape index (κ3) is 8.05. The van der Waals surface area contributed by atoms with E-state index in [0.29, 0.717) is 6.61 Å². The van der Waals surface area contributed by atoms with Crippen molar-refractivity contribution >= 4 is 5.97 Å². The van der Waals surface area contributed by atoms with Crippen molar-refractivity contribution in [3.05, 3.63) is 84.4 Å². The van der Waals surface area contributed by atoms with Crippen molar-refractivity contribution in [3.8, 4) is 0 Å². The molecule has 22 heavy (non-hydrogen) atoms. The van der Waals surface area contributed by atoms with Crippen molar-refractivity contribution in [1.82, 2.24) is 0 Å². The molecule has 0 aliphatic rings. The molecule has 0 spiro atoms. The summed E-state index contributed by atoms with van der Waals surface area (Å²) in [7, 11) is 0. The summed E-state index contributed by atoms with van der Waals surface area (Å²) in [6.45, 7) is 5.82. The quantitative estimate of drug-likeness (QED) is 0.435. The van der Waals surface area contributed by atoms with Gasteiger partial charge in [0.25, 0.3) is 0 Å². The fourth-order valence-electron chi connectivity index (χ4n) is 1.80. The van der Waals surface area contributed by atoms with E-state index in [4.69, 9.17) is 0 Å². The lowest BCUT2D eigenvalue weighted by atomic mass is 10.1. The Bertz CT molecular complexity index is 495. The zero-order valence-corrected chi connectivity index (χ0v) is 13.2. The van der Waals surface area contributed by atoms with Gasteiger partial charge in [-0.05, 0) is 24.0 Å². The van der Waals surface area contributed by atoms with Gasteiger partial charge in [-0.3, -0.25) is 0 Å². The fourth-order valence-corrected chi connectivity index (χ4v) is 1.80. The van der Waals surface area contributed by atoms with Gasteiger partial charge in [0, 0.05) is 6.08 Å². The molecule has 2 aromatic carbocycles. The summed E-state index contributed by atoms with van der Waals surface area (Å²) in [5.74, 6) is -0.330. The van der Waals surface area contributed by atoms with E-state index >= 15 is 0 Å². The van der Waals surface area contributed by atoms with Crippen LogP contribution in [0.5, 0.6) is 0 Å². The molecule has 2 nitrogen and oxygen atoms in total. The Kier molecular flexibility index (Phi) is 9.11. The highest BCUT2D eigenvalue weighted by Crippen LogP contribution is 2.07. The number of benzene rings is 2. The Balaban J connectivity index is 0.000000239. The number of unbranched alkanes of at least 4 members (excludes halogenated alkanes) is 1. The Labute approximate surface area is 133 Å². The third-order valence-corrected chi connectivity index (χ3v) is 3.00. The van der Waals surface area contributed by atoms with Crippen LogP contribution >= 0.6 is 0 Å². The highest BCUT2D eigenvalue weighted by atomic mass is 16.5. The molecule has 0 bridgehead atoms. The van der Waals surface area contributed by atoms with Crippen LogP contribution in [0.2, 0.25) is 0 Å². The van der Waals surface area contributed by atoms with Gasteiger partial charge in [0.15, 0.2) is 0 Å². The lowest BCUT2D eigenvalue weighted by Gasteiger charge is -2.00. The number of hydrogen-bond acceptors (Lipinski definition) is 2. The molecule has 0 aliphatic carbocycles. The van der Waals surface area contributed by atoms with Gasteiger partial charge in [0.05, 0.1) is 6.61 Å². The lowest BCUT2D eigenvalue weighted by Crippen LogP contribution is -2.00. The summed E-state index contributed by atoms with van der Waals surface area (Å²) in [6.07, 6.45) is 4.18. The summed E-state index contributed by atoms with van der Waals surface area (Å²) in [5, 5.41) is 0. The van der Waals surface area contributed by atoms with Gasteiger partial charge < -0.3 is 4.74 Å². The van der Waals surface area contributed by atoms with E-state index in [9.17, 15) is 4.79 Å². The van der Waals surface area contributed by atoms with Gasteiger partial charge in [-0.15, -0.1) is 0 Å². The molecule has 2 heteroatoms. The van der Waals surface area contributed by atoms with E-state index in [0.717, 1.165) is 19.3 Å². The second kappa shape index (κ2) is 11.3.